The minimum atomic E-state index is -0.392. The van der Waals surface area contributed by atoms with Gasteiger partial charge in [-0.15, -0.1) is 0 Å². The largest absolute Gasteiger partial charge is 0.445 e. The molecule has 1 aromatic carbocycles. The highest BCUT2D eigenvalue weighted by atomic mass is 16.6. The molecular formula is C33H38N8O4. The van der Waals surface area contributed by atoms with E-state index in [0.29, 0.717) is 38.6 Å². The first kappa shape index (κ1) is 31.2. The van der Waals surface area contributed by atoms with Crippen molar-refractivity contribution in [3.8, 4) is 11.3 Å². The quantitative estimate of drug-likeness (QED) is 0.264. The highest BCUT2D eigenvalue weighted by Gasteiger charge is 2.25. The SMILES string of the molecule is C=C/C=C(\C=C)COC(=O)N1CCN(c2cc3c(-c4ccc(CNC(=O)c5noc(C(C)(C)C)n5)c(C)c4)ncnn3c2)CC1. The average molecular weight is 611 g/mol. The van der Waals surface area contributed by atoms with Crippen molar-refractivity contribution in [2.45, 2.75) is 39.7 Å². The molecule has 4 heterocycles. The fourth-order valence-electron chi connectivity index (χ4n) is 4.94. The molecule has 12 nitrogen and oxygen atoms in total. The number of rotatable bonds is 9. The van der Waals surface area contributed by atoms with Crippen LogP contribution in [-0.2, 0) is 16.7 Å². The molecule has 1 aliphatic heterocycles. The Hall–Kier alpha value is -5.26. The number of carbonyl (C=O) groups excluding carboxylic acids is 2. The summed E-state index contributed by atoms with van der Waals surface area (Å²) >= 11 is 0. The lowest BCUT2D eigenvalue weighted by Gasteiger charge is -2.34. The van der Waals surface area contributed by atoms with Crippen LogP contribution in [0, 0.1) is 6.92 Å². The summed E-state index contributed by atoms with van der Waals surface area (Å²) in [5.74, 6) is 0.0358. The molecule has 1 N–H and O–H groups in total. The Morgan fingerprint density at radius 1 is 1.13 bits per heavy atom. The second-order valence-electron chi connectivity index (χ2n) is 11.8. The molecule has 0 bridgehead atoms. The number of fused-ring (bicyclic) bond motifs is 1. The molecule has 1 saturated heterocycles. The predicted molar refractivity (Wildman–Crippen MR) is 171 cm³/mol. The molecule has 12 heteroatoms. The van der Waals surface area contributed by atoms with E-state index in [4.69, 9.17) is 9.26 Å². The summed E-state index contributed by atoms with van der Waals surface area (Å²) in [5.41, 5.74) is 6.02. The Balaban J connectivity index is 1.23. The molecule has 0 radical (unpaired) electrons. The number of nitrogens with one attached hydrogen (secondary N) is 1. The van der Waals surface area contributed by atoms with Crippen LogP contribution >= 0.6 is 0 Å². The van der Waals surface area contributed by atoms with Gasteiger partial charge < -0.3 is 24.4 Å². The first-order valence-corrected chi connectivity index (χ1v) is 14.7. The molecule has 1 fully saturated rings. The number of ether oxygens (including phenoxy) is 1. The number of carbonyl (C=O) groups is 2. The van der Waals surface area contributed by atoms with Gasteiger partial charge in [-0.1, -0.05) is 69.4 Å². The normalized spacial score (nSPS) is 14.0. The zero-order valence-electron chi connectivity index (χ0n) is 26.1. The van der Waals surface area contributed by atoms with Gasteiger partial charge >= 0.3 is 6.09 Å². The molecule has 5 rings (SSSR count). The molecule has 234 valence electrons. The third-order valence-corrected chi connectivity index (χ3v) is 7.58. The van der Waals surface area contributed by atoms with Crippen LogP contribution < -0.4 is 10.2 Å². The van der Waals surface area contributed by atoms with Crippen LogP contribution in [-0.4, -0.2) is 74.4 Å². The van der Waals surface area contributed by atoms with Gasteiger partial charge in [0.1, 0.15) is 12.9 Å². The molecule has 0 atom stereocenters. The number of hydrogen-bond acceptors (Lipinski definition) is 9. The van der Waals surface area contributed by atoms with Crippen molar-refractivity contribution in [2.24, 2.45) is 0 Å². The Morgan fingerprint density at radius 3 is 2.58 bits per heavy atom. The zero-order chi connectivity index (χ0) is 32.1. The number of aromatic nitrogens is 5. The van der Waals surface area contributed by atoms with E-state index in [9.17, 15) is 9.59 Å². The molecule has 0 saturated carbocycles. The van der Waals surface area contributed by atoms with Crippen LogP contribution in [0.3, 0.4) is 0 Å². The van der Waals surface area contributed by atoms with Crippen molar-refractivity contribution >= 4 is 23.2 Å². The van der Waals surface area contributed by atoms with Gasteiger partial charge in [0.05, 0.1) is 23.1 Å². The monoisotopic (exact) mass is 610 g/mol. The molecule has 2 amide bonds. The van der Waals surface area contributed by atoms with Crippen LogP contribution in [0.5, 0.6) is 0 Å². The van der Waals surface area contributed by atoms with Crippen molar-refractivity contribution < 1.29 is 18.8 Å². The predicted octanol–water partition coefficient (Wildman–Crippen LogP) is 4.87. The van der Waals surface area contributed by atoms with E-state index in [0.717, 1.165) is 39.2 Å². The number of aryl methyl sites for hydroxylation is 1. The maximum absolute atomic E-state index is 12.6. The number of anilines is 1. The highest BCUT2D eigenvalue weighted by molar-refractivity contribution is 5.90. The third kappa shape index (κ3) is 7.11. The van der Waals surface area contributed by atoms with Gasteiger partial charge in [0, 0.05) is 43.7 Å². The van der Waals surface area contributed by atoms with Crippen LogP contribution in [0.15, 0.2) is 78.3 Å². The second kappa shape index (κ2) is 13.2. The number of allylic oxidation sites excluding steroid dienone is 2. The van der Waals surface area contributed by atoms with E-state index < -0.39 is 5.91 Å². The van der Waals surface area contributed by atoms with Crippen LogP contribution in [0.25, 0.3) is 16.8 Å². The topological polar surface area (TPSA) is 131 Å². The van der Waals surface area contributed by atoms with Crippen molar-refractivity contribution in [1.82, 2.24) is 35.0 Å². The van der Waals surface area contributed by atoms with Gasteiger partial charge in [0.15, 0.2) is 0 Å². The maximum atomic E-state index is 12.6. The first-order chi connectivity index (χ1) is 21.6. The van der Waals surface area contributed by atoms with E-state index in [-0.39, 0.29) is 23.9 Å². The van der Waals surface area contributed by atoms with Crippen LogP contribution in [0.4, 0.5) is 10.5 Å². The van der Waals surface area contributed by atoms with Gasteiger partial charge in [-0.05, 0) is 35.8 Å². The molecule has 0 spiro atoms. The molecule has 0 unspecified atom stereocenters. The number of benzene rings is 1. The number of nitrogens with zero attached hydrogens (tertiary/aromatic N) is 7. The standard InChI is InChI=1S/C33H38N8O4/c1-7-9-23(8-2)20-44-32(43)40-14-12-39(13-15-40)26-17-27-28(35-21-36-41(27)19-26)24-10-11-25(22(3)16-24)18-34-30(42)29-37-31(45-38-29)33(4,5)6/h7-11,16-17,19,21H,1-2,12-15,18,20H2,3-6H3,(H,34,42)/b23-9+. The fraction of sp³-hybridized carbons (Fsp3) is 0.333. The maximum Gasteiger partial charge on any atom is 0.410 e. The number of amides is 2. The summed E-state index contributed by atoms with van der Waals surface area (Å²) in [5, 5.41) is 11.1. The summed E-state index contributed by atoms with van der Waals surface area (Å²) in [6, 6.07) is 8.09. The minimum Gasteiger partial charge on any atom is -0.445 e. The van der Waals surface area contributed by atoms with Crippen LogP contribution in [0.2, 0.25) is 0 Å². The lowest BCUT2D eigenvalue weighted by molar-refractivity contribution is 0.0937. The molecule has 1 aliphatic rings. The van der Waals surface area contributed by atoms with E-state index >= 15 is 0 Å². The van der Waals surface area contributed by atoms with Crippen molar-refractivity contribution in [1.29, 1.82) is 0 Å². The van der Waals surface area contributed by atoms with E-state index in [1.54, 1.807) is 29.5 Å². The molecule has 45 heavy (non-hydrogen) atoms. The number of hydrogen-bond donors (Lipinski definition) is 1. The van der Waals surface area contributed by atoms with Gasteiger partial charge in [-0.25, -0.2) is 14.3 Å². The van der Waals surface area contributed by atoms with Crippen LogP contribution in [0.1, 0.15) is 48.4 Å². The summed E-state index contributed by atoms with van der Waals surface area (Å²) in [4.78, 5) is 38.0. The summed E-state index contributed by atoms with van der Waals surface area (Å²) in [6.45, 7) is 18.1. The summed E-state index contributed by atoms with van der Waals surface area (Å²) < 4.78 is 12.5. The van der Waals surface area contributed by atoms with Gasteiger partial charge in [0.25, 0.3) is 11.7 Å². The Morgan fingerprint density at radius 2 is 1.91 bits per heavy atom. The van der Waals surface area contributed by atoms with Crippen molar-refractivity contribution in [3.63, 3.8) is 0 Å². The first-order valence-electron chi connectivity index (χ1n) is 14.7. The zero-order valence-corrected chi connectivity index (χ0v) is 26.1. The molecule has 4 aromatic rings. The fourth-order valence-corrected chi connectivity index (χ4v) is 4.94. The molecular weight excluding hydrogens is 572 g/mol. The number of piperazine rings is 1. The average Bonchev–Trinajstić information content (AvgIpc) is 3.71. The second-order valence-corrected chi connectivity index (χ2v) is 11.8. The van der Waals surface area contributed by atoms with Crippen molar-refractivity contribution in [3.05, 3.63) is 96.6 Å². The smallest absolute Gasteiger partial charge is 0.410 e. The molecule has 0 aliphatic carbocycles. The van der Waals surface area contributed by atoms with Gasteiger partial charge in [-0.3, -0.25) is 4.79 Å². The Bertz CT molecular complexity index is 1760. The summed E-state index contributed by atoms with van der Waals surface area (Å²) in [7, 11) is 0. The van der Waals surface area contributed by atoms with Gasteiger partial charge in [0.2, 0.25) is 5.89 Å². The highest BCUT2D eigenvalue weighted by Crippen LogP contribution is 2.29. The van der Waals surface area contributed by atoms with E-state index in [1.165, 1.54) is 0 Å². The van der Waals surface area contributed by atoms with E-state index in [2.05, 4.69) is 55.7 Å². The van der Waals surface area contributed by atoms with Crippen molar-refractivity contribution in [2.75, 3.05) is 37.7 Å². The van der Waals surface area contributed by atoms with Gasteiger partial charge in [-0.2, -0.15) is 10.1 Å². The summed E-state index contributed by atoms with van der Waals surface area (Å²) in [6.07, 6.45) is 8.23. The lowest BCUT2D eigenvalue weighted by Crippen LogP contribution is -2.49. The minimum absolute atomic E-state index is 0.0155. The lowest BCUT2D eigenvalue weighted by atomic mass is 9.97. The third-order valence-electron chi connectivity index (χ3n) is 7.58. The molecule has 3 aromatic heterocycles. The Labute approximate surface area is 262 Å². The van der Waals surface area contributed by atoms with E-state index in [1.807, 2.05) is 50.5 Å². The Kier molecular flexibility index (Phi) is 9.12.